The number of rotatable bonds is 2. The molecule has 2 rings (SSSR count). The first kappa shape index (κ1) is 12.7. The Morgan fingerprint density at radius 2 is 2.17 bits per heavy atom. The highest BCUT2D eigenvalue weighted by Crippen LogP contribution is 2.18. The summed E-state index contributed by atoms with van der Waals surface area (Å²) in [5, 5.41) is 2.49. The number of nitrogens with zero attached hydrogens (tertiary/aromatic N) is 1. The zero-order valence-electron chi connectivity index (χ0n) is 9.58. The predicted molar refractivity (Wildman–Crippen MR) is 71.0 cm³/mol. The molecule has 0 aliphatic carbocycles. The fourth-order valence-corrected chi connectivity index (χ4v) is 1.89. The maximum atomic E-state index is 13.6. The number of aryl methyl sites for hydroxylation is 1. The predicted octanol–water partition coefficient (Wildman–Crippen LogP) is 3.54. The Labute approximate surface area is 112 Å². The third-order valence-electron chi connectivity index (χ3n) is 2.35. The van der Waals surface area contributed by atoms with Crippen molar-refractivity contribution in [2.75, 3.05) is 5.32 Å². The molecule has 0 bridgehead atoms. The lowest BCUT2D eigenvalue weighted by Gasteiger charge is -2.07. The summed E-state index contributed by atoms with van der Waals surface area (Å²) in [5.41, 5.74) is 1.16. The molecular weight excluding hydrogens is 299 g/mol. The number of hydrogen-bond donors (Lipinski definition) is 1. The quantitative estimate of drug-likeness (QED) is 0.922. The van der Waals surface area contributed by atoms with Gasteiger partial charge in [0.25, 0.3) is 5.91 Å². The van der Waals surface area contributed by atoms with Gasteiger partial charge in [0.15, 0.2) is 0 Å². The maximum Gasteiger partial charge on any atom is 0.275 e. The van der Waals surface area contributed by atoms with Gasteiger partial charge in [0.1, 0.15) is 11.5 Å². The first-order chi connectivity index (χ1) is 8.58. The molecule has 1 amide bonds. The topological polar surface area (TPSA) is 42.0 Å². The van der Waals surface area contributed by atoms with Gasteiger partial charge >= 0.3 is 0 Å². The molecule has 0 saturated heterocycles. The Bertz CT molecular complexity index is 601. The molecule has 2 aromatic rings. The number of pyridine rings is 1. The first-order valence-corrected chi connectivity index (χ1v) is 6.05. The molecule has 1 N–H and O–H groups in total. The lowest BCUT2D eigenvalue weighted by molar-refractivity contribution is 0.102. The van der Waals surface area contributed by atoms with E-state index in [1.807, 2.05) is 0 Å². The summed E-state index contributed by atoms with van der Waals surface area (Å²) in [4.78, 5) is 15.8. The second kappa shape index (κ2) is 5.27. The van der Waals surface area contributed by atoms with Gasteiger partial charge in [-0.25, -0.2) is 9.37 Å². The van der Waals surface area contributed by atoms with Crippen molar-refractivity contribution in [2.45, 2.75) is 6.92 Å². The van der Waals surface area contributed by atoms with Gasteiger partial charge in [-0.05, 0) is 52.7 Å². The van der Waals surface area contributed by atoms with E-state index in [1.54, 1.807) is 25.1 Å². The number of amides is 1. The number of nitrogens with one attached hydrogen (secondary N) is 1. The lowest BCUT2D eigenvalue weighted by atomic mass is 10.2. The van der Waals surface area contributed by atoms with Crippen molar-refractivity contribution in [3.63, 3.8) is 0 Å². The minimum absolute atomic E-state index is 0.142. The van der Waals surface area contributed by atoms with Crippen LogP contribution in [0.4, 0.5) is 10.1 Å². The molecule has 0 radical (unpaired) electrons. The molecule has 0 spiro atoms. The van der Waals surface area contributed by atoms with Crippen molar-refractivity contribution in [1.29, 1.82) is 0 Å². The van der Waals surface area contributed by atoms with E-state index in [1.165, 1.54) is 18.3 Å². The number of aromatic nitrogens is 1. The molecule has 0 unspecified atom stereocenters. The van der Waals surface area contributed by atoms with Crippen LogP contribution in [-0.2, 0) is 0 Å². The molecule has 1 aromatic carbocycles. The molecule has 0 aliphatic heterocycles. The molecule has 1 aromatic heterocycles. The van der Waals surface area contributed by atoms with Crippen LogP contribution in [0.2, 0.25) is 0 Å². The van der Waals surface area contributed by atoms with E-state index in [0.29, 0.717) is 4.47 Å². The lowest BCUT2D eigenvalue weighted by Crippen LogP contribution is -2.15. The summed E-state index contributed by atoms with van der Waals surface area (Å²) in [6.45, 7) is 1.78. The molecule has 1 heterocycles. The highest BCUT2D eigenvalue weighted by Gasteiger charge is 2.13. The number of halogens is 2. The highest BCUT2D eigenvalue weighted by molar-refractivity contribution is 9.10. The van der Waals surface area contributed by atoms with E-state index in [-0.39, 0.29) is 11.4 Å². The van der Waals surface area contributed by atoms with Crippen molar-refractivity contribution < 1.29 is 9.18 Å². The number of benzene rings is 1. The van der Waals surface area contributed by atoms with Crippen molar-refractivity contribution >= 4 is 27.5 Å². The molecule has 0 saturated carbocycles. The van der Waals surface area contributed by atoms with Gasteiger partial charge in [-0.2, -0.15) is 0 Å². The summed E-state index contributed by atoms with van der Waals surface area (Å²) in [6.07, 6.45) is 1.51. The fraction of sp³-hybridized carbons (Fsp3) is 0.0769. The van der Waals surface area contributed by atoms with Crippen molar-refractivity contribution in [2.24, 2.45) is 0 Å². The Balaban J connectivity index is 2.24. The van der Waals surface area contributed by atoms with Crippen LogP contribution in [0.5, 0.6) is 0 Å². The largest absolute Gasteiger partial charge is 0.318 e. The Hall–Kier alpha value is -1.75. The van der Waals surface area contributed by atoms with Gasteiger partial charge in [-0.1, -0.05) is 6.07 Å². The first-order valence-electron chi connectivity index (χ1n) is 5.26. The molecule has 0 aliphatic rings. The molecule has 0 atom stereocenters. The highest BCUT2D eigenvalue weighted by atomic mass is 79.9. The van der Waals surface area contributed by atoms with Crippen LogP contribution in [0.3, 0.4) is 0 Å². The van der Waals surface area contributed by atoms with Crippen LogP contribution in [0.1, 0.15) is 16.1 Å². The van der Waals surface area contributed by atoms with Crippen LogP contribution in [0.25, 0.3) is 0 Å². The average molecular weight is 309 g/mol. The number of hydrogen-bond acceptors (Lipinski definition) is 2. The van der Waals surface area contributed by atoms with E-state index >= 15 is 0 Å². The van der Waals surface area contributed by atoms with Crippen molar-refractivity contribution in [3.8, 4) is 0 Å². The van der Waals surface area contributed by atoms with Crippen LogP contribution in [0.15, 0.2) is 41.0 Å². The Morgan fingerprint density at radius 3 is 2.83 bits per heavy atom. The van der Waals surface area contributed by atoms with E-state index < -0.39 is 11.7 Å². The van der Waals surface area contributed by atoms with Gasteiger partial charge in [-0.3, -0.25) is 4.79 Å². The third-order valence-corrected chi connectivity index (χ3v) is 2.99. The normalized spacial score (nSPS) is 10.2. The van der Waals surface area contributed by atoms with Crippen LogP contribution in [0, 0.1) is 12.7 Å². The third kappa shape index (κ3) is 2.73. The summed E-state index contributed by atoms with van der Waals surface area (Å²) in [6, 6.07) is 8.02. The zero-order chi connectivity index (χ0) is 13.1. The van der Waals surface area contributed by atoms with Crippen LogP contribution in [-0.4, -0.2) is 10.9 Å². The van der Waals surface area contributed by atoms with E-state index in [0.717, 1.165) is 5.56 Å². The smallest absolute Gasteiger partial charge is 0.275 e. The standard InChI is InChI=1S/C13H10BrFN2O/c1-8-4-5-11(10(15)7-8)17-13(18)12-9(14)3-2-6-16-12/h2-7H,1H3,(H,17,18). The van der Waals surface area contributed by atoms with Gasteiger partial charge in [0.05, 0.1) is 5.69 Å². The van der Waals surface area contributed by atoms with Crippen LogP contribution < -0.4 is 5.32 Å². The SMILES string of the molecule is Cc1ccc(NC(=O)c2ncccc2Br)c(F)c1. The second-order valence-electron chi connectivity index (χ2n) is 3.77. The summed E-state index contributed by atoms with van der Waals surface area (Å²) >= 11 is 3.22. The monoisotopic (exact) mass is 308 g/mol. The number of carbonyl (C=O) groups excluding carboxylic acids is 1. The molecule has 5 heteroatoms. The van der Waals surface area contributed by atoms with Crippen LogP contribution >= 0.6 is 15.9 Å². The maximum absolute atomic E-state index is 13.6. The zero-order valence-corrected chi connectivity index (χ0v) is 11.2. The molecular formula is C13H10BrFN2O. The summed E-state index contributed by atoms with van der Waals surface area (Å²) in [7, 11) is 0. The van der Waals surface area contributed by atoms with Gasteiger partial charge in [0.2, 0.25) is 0 Å². The van der Waals surface area contributed by atoms with E-state index in [2.05, 4.69) is 26.2 Å². The van der Waals surface area contributed by atoms with Gasteiger partial charge < -0.3 is 5.32 Å². The number of carbonyl (C=O) groups is 1. The van der Waals surface area contributed by atoms with E-state index in [4.69, 9.17) is 0 Å². The van der Waals surface area contributed by atoms with Crippen molar-refractivity contribution in [3.05, 3.63) is 58.1 Å². The van der Waals surface area contributed by atoms with Crippen molar-refractivity contribution in [1.82, 2.24) is 4.98 Å². The molecule has 92 valence electrons. The molecule has 0 fully saturated rings. The van der Waals surface area contributed by atoms with E-state index in [9.17, 15) is 9.18 Å². The molecule has 3 nitrogen and oxygen atoms in total. The minimum atomic E-state index is -0.463. The van der Waals surface area contributed by atoms with Gasteiger partial charge in [0, 0.05) is 10.7 Å². The Morgan fingerprint density at radius 1 is 1.39 bits per heavy atom. The number of anilines is 1. The molecule has 18 heavy (non-hydrogen) atoms. The summed E-state index contributed by atoms with van der Waals surface area (Å²) in [5.74, 6) is -0.916. The summed E-state index contributed by atoms with van der Waals surface area (Å²) < 4.78 is 14.1. The average Bonchev–Trinajstić information content (AvgIpc) is 2.33. The minimum Gasteiger partial charge on any atom is -0.318 e. The Kier molecular flexibility index (Phi) is 3.72. The fourth-order valence-electron chi connectivity index (χ4n) is 1.46. The second-order valence-corrected chi connectivity index (χ2v) is 4.63. The van der Waals surface area contributed by atoms with Gasteiger partial charge in [-0.15, -0.1) is 0 Å².